The molecule has 0 bridgehead atoms. The van der Waals surface area contributed by atoms with E-state index in [1.165, 1.54) is 18.3 Å². The molecule has 0 aliphatic heterocycles. The molecule has 0 aromatic carbocycles. The van der Waals surface area contributed by atoms with Crippen LogP contribution in [0.4, 0.5) is 0 Å². The van der Waals surface area contributed by atoms with Gasteiger partial charge in [-0.2, -0.15) is 0 Å². The van der Waals surface area contributed by atoms with Gasteiger partial charge in [0.15, 0.2) is 0 Å². The van der Waals surface area contributed by atoms with Gasteiger partial charge in [0, 0.05) is 12.3 Å². The highest BCUT2D eigenvalue weighted by atomic mass is 16.4. The lowest BCUT2D eigenvalue weighted by Gasteiger charge is -2.13. The van der Waals surface area contributed by atoms with Gasteiger partial charge in [-0.15, -0.1) is 0 Å². The standard InChI is InChI=1S/C11H14N2O4/c1-2-3-8(11(16)17)13-10(15)7-4-5-9(14)12-6-7/h4-6,8H,2-3H2,1H3,(H,12,14)(H,13,15)(H,16,17)/t8-/m0/s1. The topological polar surface area (TPSA) is 99.3 Å². The molecule has 0 aliphatic rings. The number of carboxylic acid groups (broad SMARTS) is 1. The maximum absolute atomic E-state index is 11.6. The van der Waals surface area contributed by atoms with Crippen LogP contribution in [-0.4, -0.2) is 28.0 Å². The van der Waals surface area contributed by atoms with Crippen LogP contribution in [0.5, 0.6) is 0 Å². The van der Waals surface area contributed by atoms with E-state index in [-0.39, 0.29) is 11.1 Å². The fraction of sp³-hybridized carbons (Fsp3) is 0.364. The third-order valence-electron chi connectivity index (χ3n) is 2.23. The maximum atomic E-state index is 11.6. The third kappa shape index (κ3) is 3.75. The zero-order valence-electron chi connectivity index (χ0n) is 9.40. The van der Waals surface area contributed by atoms with Crippen molar-refractivity contribution in [1.82, 2.24) is 10.3 Å². The number of pyridine rings is 1. The first-order chi connectivity index (χ1) is 8.04. The van der Waals surface area contributed by atoms with Crippen molar-refractivity contribution in [1.29, 1.82) is 0 Å². The molecule has 3 N–H and O–H groups in total. The molecule has 0 fully saturated rings. The number of hydrogen-bond donors (Lipinski definition) is 3. The van der Waals surface area contributed by atoms with E-state index >= 15 is 0 Å². The van der Waals surface area contributed by atoms with Crippen LogP contribution in [0.25, 0.3) is 0 Å². The summed E-state index contributed by atoms with van der Waals surface area (Å²) < 4.78 is 0. The van der Waals surface area contributed by atoms with Crippen molar-refractivity contribution in [3.63, 3.8) is 0 Å². The molecule has 17 heavy (non-hydrogen) atoms. The van der Waals surface area contributed by atoms with Gasteiger partial charge >= 0.3 is 5.97 Å². The molecule has 0 radical (unpaired) electrons. The van der Waals surface area contributed by atoms with E-state index in [1.807, 2.05) is 6.92 Å². The summed E-state index contributed by atoms with van der Waals surface area (Å²) in [7, 11) is 0. The number of rotatable bonds is 5. The Labute approximate surface area is 97.7 Å². The number of aliphatic carboxylic acids is 1. The number of hydrogen-bond acceptors (Lipinski definition) is 3. The van der Waals surface area contributed by atoms with E-state index < -0.39 is 17.9 Å². The van der Waals surface area contributed by atoms with Gasteiger partial charge in [-0.05, 0) is 12.5 Å². The van der Waals surface area contributed by atoms with Gasteiger partial charge < -0.3 is 15.4 Å². The number of aromatic amines is 1. The first-order valence-electron chi connectivity index (χ1n) is 5.27. The number of H-pyrrole nitrogens is 1. The summed E-state index contributed by atoms with van der Waals surface area (Å²) in [6.07, 6.45) is 2.27. The zero-order valence-corrected chi connectivity index (χ0v) is 9.40. The molecule has 1 aromatic rings. The van der Waals surface area contributed by atoms with Crippen LogP contribution in [0.2, 0.25) is 0 Å². The summed E-state index contributed by atoms with van der Waals surface area (Å²) in [6, 6.07) is 1.66. The van der Waals surface area contributed by atoms with Crippen LogP contribution >= 0.6 is 0 Å². The fourth-order valence-electron chi connectivity index (χ4n) is 1.34. The predicted molar refractivity (Wildman–Crippen MR) is 60.9 cm³/mol. The predicted octanol–water partition coefficient (Wildman–Crippen LogP) is 0.358. The van der Waals surface area contributed by atoms with Gasteiger partial charge in [-0.3, -0.25) is 9.59 Å². The van der Waals surface area contributed by atoms with E-state index in [1.54, 1.807) is 0 Å². The van der Waals surface area contributed by atoms with Crippen molar-refractivity contribution >= 4 is 11.9 Å². The Morgan fingerprint density at radius 1 is 1.47 bits per heavy atom. The minimum Gasteiger partial charge on any atom is -0.480 e. The minimum absolute atomic E-state index is 0.229. The molecule has 1 atom stereocenters. The Morgan fingerprint density at radius 3 is 2.65 bits per heavy atom. The smallest absolute Gasteiger partial charge is 0.326 e. The van der Waals surface area contributed by atoms with Gasteiger partial charge in [0.25, 0.3) is 5.91 Å². The average molecular weight is 238 g/mol. The molecule has 6 heteroatoms. The summed E-state index contributed by atoms with van der Waals surface area (Å²) in [5, 5.41) is 11.3. The van der Waals surface area contributed by atoms with E-state index in [9.17, 15) is 14.4 Å². The van der Waals surface area contributed by atoms with Crippen molar-refractivity contribution in [2.75, 3.05) is 0 Å². The molecule has 1 rings (SSSR count). The van der Waals surface area contributed by atoms with Crippen LogP contribution in [0, 0.1) is 0 Å². The summed E-state index contributed by atoms with van der Waals surface area (Å²) in [5.74, 6) is -1.58. The number of amides is 1. The minimum atomic E-state index is -1.07. The molecule has 1 heterocycles. The summed E-state index contributed by atoms with van der Waals surface area (Å²) in [4.78, 5) is 35.6. The highest BCUT2D eigenvalue weighted by Gasteiger charge is 2.19. The number of aromatic nitrogens is 1. The fourth-order valence-corrected chi connectivity index (χ4v) is 1.34. The Balaban J connectivity index is 2.73. The summed E-state index contributed by atoms with van der Waals surface area (Å²) in [5.41, 5.74) is -0.0863. The second kappa shape index (κ2) is 5.83. The molecule has 6 nitrogen and oxygen atoms in total. The SMILES string of the molecule is CCC[C@H](NC(=O)c1ccc(=O)[nH]c1)C(=O)O. The molecule has 0 saturated heterocycles. The van der Waals surface area contributed by atoms with Gasteiger partial charge in [0.05, 0.1) is 5.56 Å². The Hall–Kier alpha value is -2.11. The third-order valence-corrected chi connectivity index (χ3v) is 2.23. The number of nitrogens with one attached hydrogen (secondary N) is 2. The highest BCUT2D eigenvalue weighted by Crippen LogP contribution is 2.00. The van der Waals surface area contributed by atoms with E-state index in [0.29, 0.717) is 12.8 Å². The lowest BCUT2D eigenvalue weighted by atomic mass is 10.1. The summed E-state index contributed by atoms with van der Waals surface area (Å²) >= 11 is 0. The van der Waals surface area contributed by atoms with Crippen molar-refractivity contribution in [3.05, 3.63) is 34.2 Å². The van der Waals surface area contributed by atoms with Crippen molar-refractivity contribution in [2.24, 2.45) is 0 Å². The second-order valence-corrected chi connectivity index (χ2v) is 3.59. The van der Waals surface area contributed by atoms with Crippen molar-refractivity contribution in [3.8, 4) is 0 Å². The van der Waals surface area contributed by atoms with Crippen LogP contribution in [0.15, 0.2) is 23.1 Å². The number of carboxylic acids is 1. The molecule has 0 spiro atoms. The van der Waals surface area contributed by atoms with Crippen LogP contribution < -0.4 is 10.9 Å². The molecular formula is C11H14N2O4. The Bertz CT molecular complexity index is 446. The lowest BCUT2D eigenvalue weighted by molar-refractivity contribution is -0.139. The van der Waals surface area contributed by atoms with Crippen LogP contribution in [0.3, 0.4) is 0 Å². The molecule has 0 aliphatic carbocycles. The molecule has 0 saturated carbocycles. The first-order valence-corrected chi connectivity index (χ1v) is 5.27. The lowest BCUT2D eigenvalue weighted by Crippen LogP contribution is -2.40. The van der Waals surface area contributed by atoms with Crippen LogP contribution in [0.1, 0.15) is 30.1 Å². The van der Waals surface area contributed by atoms with Gasteiger partial charge in [0.2, 0.25) is 5.56 Å². The molecule has 1 amide bonds. The van der Waals surface area contributed by atoms with Crippen molar-refractivity contribution in [2.45, 2.75) is 25.8 Å². The van der Waals surface area contributed by atoms with Gasteiger partial charge in [-0.25, -0.2) is 4.79 Å². The second-order valence-electron chi connectivity index (χ2n) is 3.59. The molecule has 1 aromatic heterocycles. The maximum Gasteiger partial charge on any atom is 0.326 e. The quantitative estimate of drug-likeness (QED) is 0.689. The Morgan fingerprint density at radius 2 is 2.18 bits per heavy atom. The average Bonchev–Trinajstić information content (AvgIpc) is 2.29. The van der Waals surface area contributed by atoms with Gasteiger partial charge in [-0.1, -0.05) is 13.3 Å². The largest absolute Gasteiger partial charge is 0.480 e. The van der Waals surface area contributed by atoms with E-state index in [4.69, 9.17) is 5.11 Å². The normalized spacial score (nSPS) is 11.8. The molecule has 0 unspecified atom stereocenters. The number of carbonyl (C=O) groups excluding carboxylic acids is 1. The van der Waals surface area contributed by atoms with Crippen LogP contribution in [-0.2, 0) is 4.79 Å². The zero-order chi connectivity index (χ0) is 12.8. The first kappa shape index (κ1) is 13.0. The van der Waals surface area contributed by atoms with E-state index in [0.717, 1.165) is 0 Å². The highest BCUT2D eigenvalue weighted by molar-refractivity contribution is 5.96. The Kier molecular flexibility index (Phi) is 4.45. The summed E-state index contributed by atoms with van der Waals surface area (Å²) in [6.45, 7) is 1.84. The monoisotopic (exact) mass is 238 g/mol. The number of carbonyl (C=O) groups is 2. The van der Waals surface area contributed by atoms with Gasteiger partial charge in [0.1, 0.15) is 6.04 Å². The van der Waals surface area contributed by atoms with E-state index in [2.05, 4.69) is 10.3 Å². The van der Waals surface area contributed by atoms with Crippen molar-refractivity contribution < 1.29 is 14.7 Å². The molecule has 92 valence electrons. The molecular weight excluding hydrogens is 224 g/mol.